The van der Waals surface area contributed by atoms with Crippen LogP contribution in [0.5, 0.6) is 5.75 Å². The fourth-order valence-corrected chi connectivity index (χ4v) is 4.27. The first kappa shape index (κ1) is 16.8. The Hall–Kier alpha value is -2.05. The quantitative estimate of drug-likeness (QED) is 0.754. The van der Waals surface area contributed by atoms with Gasteiger partial charge in [-0.1, -0.05) is 18.2 Å². The lowest BCUT2D eigenvalue weighted by atomic mass is 10.1. The Bertz CT molecular complexity index is 806. The van der Waals surface area contributed by atoms with E-state index in [4.69, 9.17) is 9.47 Å². The lowest BCUT2D eigenvalue weighted by molar-refractivity contribution is 0.262. The minimum absolute atomic E-state index is 0.165. The Morgan fingerprint density at radius 1 is 1.17 bits per heavy atom. The molecule has 0 radical (unpaired) electrons. The molecule has 0 saturated carbocycles. The molecule has 1 aliphatic rings. The van der Waals surface area contributed by atoms with Crippen molar-refractivity contribution in [2.45, 2.75) is 24.8 Å². The fraction of sp³-hybridized carbons (Fsp3) is 0.333. The van der Waals surface area contributed by atoms with E-state index >= 15 is 0 Å². The summed E-state index contributed by atoms with van der Waals surface area (Å²) in [5.74, 6) is 0.668. The highest BCUT2D eigenvalue weighted by molar-refractivity contribution is 7.92. The molecule has 1 fully saturated rings. The van der Waals surface area contributed by atoms with Crippen LogP contribution in [0.25, 0.3) is 0 Å². The van der Waals surface area contributed by atoms with Crippen LogP contribution >= 0.6 is 0 Å². The smallest absolute Gasteiger partial charge is 0.264 e. The number of benzene rings is 2. The van der Waals surface area contributed by atoms with Crippen molar-refractivity contribution < 1.29 is 17.9 Å². The van der Waals surface area contributed by atoms with Crippen LogP contribution in [0.15, 0.2) is 47.4 Å². The summed E-state index contributed by atoms with van der Waals surface area (Å²) >= 11 is 0. The zero-order chi connectivity index (χ0) is 17.3. The third kappa shape index (κ3) is 3.39. The lowest BCUT2D eigenvalue weighted by Gasteiger charge is -2.22. The number of ether oxygens (including phenoxy) is 2. The molecule has 0 bridgehead atoms. The normalized spacial score (nSPS) is 16.7. The SMILES string of the molecule is Cc1cc(OCC2CO2)cc(C)c1S(=O)(=O)N(C)c1ccccc1. The number of epoxide rings is 1. The van der Waals surface area contributed by atoms with Crippen molar-refractivity contribution in [3.05, 3.63) is 53.6 Å². The molecule has 24 heavy (non-hydrogen) atoms. The highest BCUT2D eigenvalue weighted by Crippen LogP contribution is 2.30. The standard InChI is InChI=1S/C18H21NO4S/c1-13-9-16(22-11-17-12-23-17)10-14(2)18(13)24(20,21)19(3)15-7-5-4-6-8-15/h4-10,17H,11-12H2,1-3H3. The van der Waals surface area contributed by atoms with E-state index < -0.39 is 10.0 Å². The molecule has 0 N–H and O–H groups in total. The van der Waals surface area contributed by atoms with Gasteiger partial charge in [0.2, 0.25) is 0 Å². The van der Waals surface area contributed by atoms with Crippen LogP contribution in [0.3, 0.4) is 0 Å². The molecular formula is C18H21NO4S. The van der Waals surface area contributed by atoms with Crippen molar-refractivity contribution in [2.24, 2.45) is 0 Å². The van der Waals surface area contributed by atoms with E-state index in [0.717, 1.165) is 6.61 Å². The van der Waals surface area contributed by atoms with E-state index in [-0.39, 0.29) is 6.10 Å². The van der Waals surface area contributed by atoms with Gasteiger partial charge in [0.15, 0.2) is 0 Å². The zero-order valence-electron chi connectivity index (χ0n) is 14.0. The van der Waals surface area contributed by atoms with Gasteiger partial charge >= 0.3 is 0 Å². The van der Waals surface area contributed by atoms with Crippen molar-refractivity contribution >= 4 is 15.7 Å². The van der Waals surface area contributed by atoms with Gasteiger partial charge in [-0.25, -0.2) is 8.42 Å². The molecule has 0 aromatic heterocycles. The molecule has 1 saturated heterocycles. The largest absolute Gasteiger partial charge is 0.491 e. The topological polar surface area (TPSA) is 59.1 Å². The Morgan fingerprint density at radius 2 is 1.75 bits per heavy atom. The van der Waals surface area contributed by atoms with Gasteiger partial charge < -0.3 is 9.47 Å². The van der Waals surface area contributed by atoms with E-state index in [0.29, 0.717) is 34.1 Å². The molecule has 6 heteroatoms. The summed E-state index contributed by atoms with van der Waals surface area (Å²) in [5.41, 5.74) is 1.97. The number of sulfonamides is 1. The molecule has 0 aliphatic carbocycles. The first-order valence-electron chi connectivity index (χ1n) is 7.79. The second-order valence-electron chi connectivity index (χ2n) is 5.96. The van der Waals surface area contributed by atoms with Crippen molar-refractivity contribution in [3.8, 4) is 5.75 Å². The number of nitrogens with zero attached hydrogens (tertiary/aromatic N) is 1. The third-order valence-corrected chi connectivity index (χ3v) is 6.10. The summed E-state index contributed by atoms with van der Waals surface area (Å²) in [4.78, 5) is 0.323. The number of hydrogen-bond donors (Lipinski definition) is 0. The summed E-state index contributed by atoms with van der Waals surface area (Å²) in [7, 11) is -2.07. The maximum Gasteiger partial charge on any atom is 0.264 e. The first-order chi connectivity index (χ1) is 11.4. The molecule has 2 aromatic carbocycles. The van der Waals surface area contributed by atoms with Gasteiger partial charge in [0.05, 0.1) is 17.2 Å². The average Bonchev–Trinajstić information content (AvgIpc) is 3.36. The van der Waals surface area contributed by atoms with Gasteiger partial charge in [0, 0.05) is 7.05 Å². The summed E-state index contributed by atoms with van der Waals surface area (Å²) in [5, 5.41) is 0. The van der Waals surface area contributed by atoms with E-state index in [1.54, 1.807) is 45.2 Å². The maximum absolute atomic E-state index is 13.0. The molecule has 1 heterocycles. The van der Waals surface area contributed by atoms with Gasteiger partial charge in [-0.2, -0.15) is 0 Å². The van der Waals surface area contributed by atoms with Gasteiger partial charge in [0.1, 0.15) is 18.5 Å². The van der Waals surface area contributed by atoms with E-state index in [1.807, 2.05) is 18.2 Å². The Labute approximate surface area is 142 Å². The third-order valence-electron chi connectivity index (χ3n) is 4.01. The fourth-order valence-electron chi connectivity index (χ4n) is 2.67. The van der Waals surface area contributed by atoms with Gasteiger partial charge in [0.25, 0.3) is 10.0 Å². The van der Waals surface area contributed by atoms with Crippen molar-refractivity contribution in [3.63, 3.8) is 0 Å². The Morgan fingerprint density at radius 3 is 2.29 bits per heavy atom. The van der Waals surface area contributed by atoms with E-state index in [1.165, 1.54) is 4.31 Å². The molecule has 0 amide bonds. The minimum atomic E-state index is -3.64. The van der Waals surface area contributed by atoms with Crippen LogP contribution in [0.1, 0.15) is 11.1 Å². The summed E-state index contributed by atoms with van der Waals surface area (Å²) in [6.45, 7) is 4.81. The molecule has 1 unspecified atom stereocenters. The van der Waals surface area contributed by atoms with Gasteiger partial charge in [-0.05, 0) is 49.2 Å². The second-order valence-corrected chi connectivity index (χ2v) is 7.87. The number of aryl methyl sites for hydroxylation is 2. The van der Waals surface area contributed by atoms with Crippen molar-refractivity contribution in [2.75, 3.05) is 24.6 Å². The molecular weight excluding hydrogens is 326 g/mol. The molecule has 128 valence electrons. The number of hydrogen-bond acceptors (Lipinski definition) is 4. The monoisotopic (exact) mass is 347 g/mol. The highest BCUT2D eigenvalue weighted by atomic mass is 32.2. The molecule has 1 aliphatic heterocycles. The predicted octanol–water partition coefficient (Wildman–Crippen LogP) is 2.91. The number of para-hydroxylation sites is 1. The first-order valence-corrected chi connectivity index (χ1v) is 9.23. The Kier molecular flexibility index (Phi) is 4.51. The van der Waals surface area contributed by atoms with Crippen LogP contribution in [0, 0.1) is 13.8 Å². The van der Waals surface area contributed by atoms with E-state index in [2.05, 4.69) is 0 Å². The van der Waals surface area contributed by atoms with Crippen LogP contribution in [-0.2, 0) is 14.8 Å². The van der Waals surface area contributed by atoms with Crippen LogP contribution in [0.2, 0.25) is 0 Å². The van der Waals surface area contributed by atoms with Crippen LogP contribution in [0.4, 0.5) is 5.69 Å². The number of rotatable bonds is 6. The molecule has 2 aromatic rings. The summed E-state index contributed by atoms with van der Waals surface area (Å²) < 4.78 is 38.2. The molecule has 1 atom stereocenters. The van der Waals surface area contributed by atoms with Gasteiger partial charge in [-0.15, -0.1) is 0 Å². The number of anilines is 1. The van der Waals surface area contributed by atoms with Crippen LogP contribution < -0.4 is 9.04 Å². The highest BCUT2D eigenvalue weighted by Gasteiger charge is 2.27. The molecule has 5 nitrogen and oxygen atoms in total. The van der Waals surface area contributed by atoms with Crippen LogP contribution in [-0.4, -0.2) is 34.8 Å². The zero-order valence-corrected chi connectivity index (χ0v) is 14.8. The molecule has 3 rings (SSSR count). The summed E-state index contributed by atoms with van der Waals surface area (Å²) in [6, 6.07) is 12.6. The second kappa shape index (κ2) is 6.45. The maximum atomic E-state index is 13.0. The Balaban J connectivity index is 1.92. The average molecular weight is 347 g/mol. The minimum Gasteiger partial charge on any atom is -0.491 e. The molecule has 0 spiro atoms. The lowest BCUT2D eigenvalue weighted by Crippen LogP contribution is -2.27. The van der Waals surface area contributed by atoms with E-state index in [9.17, 15) is 8.42 Å². The summed E-state index contributed by atoms with van der Waals surface area (Å²) in [6.07, 6.45) is 0.165. The van der Waals surface area contributed by atoms with Crippen molar-refractivity contribution in [1.82, 2.24) is 0 Å². The van der Waals surface area contributed by atoms with Crippen molar-refractivity contribution in [1.29, 1.82) is 0 Å². The predicted molar refractivity (Wildman–Crippen MR) is 93.2 cm³/mol. The van der Waals surface area contributed by atoms with Gasteiger partial charge in [-0.3, -0.25) is 4.31 Å².